The molecule has 0 spiro atoms. The van der Waals surface area contributed by atoms with Crippen LogP contribution in [0.25, 0.3) is 0 Å². The van der Waals surface area contributed by atoms with E-state index in [4.69, 9.17) is 5.11 Å². The van der Waals surface area contributed by atoms with Crippen molar-refractivity contribution >= 4 is 23.3 Å². The fourth-order valence-corrected chi connectivity index (χ4v) is 1.98. The molecular formula is C11H17N3O3S. The lowest BCUT2D eigenvalue weighted by Gasteiger charge is -2.24. The molecule has 1 rings (SSSR count). The minimum Gasteiger partial charge on any atom is -0.480 e. The van der Waals surface area contributed by atoms with Crippen molar-refractivity contribution in [3.63, 3.8) is 0 Å². The van der Waals surface area contributed by atoms with Crippen molar-refractivity contribution < 1.29 is 14.7 Å². The van der Waals surface area contributed by atoms with Gasteiger partial charge in [-0.05, 0) is 20.3 Å². The fourth-order valence-electron chi connectivity index (χ4n) is 1.24. The smallest absolute Gasteiger partial charge is 0.329 e. The molecule has 1 aromatic heterocycles. The summed E-state index contributed by atoms with van der Waals surface area (Å²) in [5, 5.41) is 15.0. The molecule has 1 unspecified atom stereocenters. The van der Waals surface area contributed by atoms with Crippen molar-refractivity contribution in [2.24, 2.45) is 0 Å². The lowest BCUT2D eigenvalue weighted by Crippen LogP contribution is -2.54. The largest absolute Gasteiger partial charge is 0.480 e. The third kappa shape index (κ3) is 3.69. The molecule has 1 aromatic rings. The first kappa shape index (κ1) is 14.4. The van der Waals surface area contributed by atoms with Crippen LogP contribution in [0.2, 0.25) is 0 Å². The molecule has 0 fully saturated rings. The molecule has 7 heteroatoms. The summed E-state index contributed by atoms with van der Waals surface area (Å²) < 4.78 is 0. The zero-order chi connectivity index (χ0) is 13.8. The SMILES string of the molecule is CCC(C)(NC(=O)NCc1cnc(C)s1)C(=O)O. The van der Waals surface area contributed by atoms with Crippen LogP contribution in [0.3, 0.4) is 0 Å². The molecule has 100 valence electrons. The van der Waals surface area contributed by atoms with E-state index in [1.54, 1.807) is 13.1 Å². The Morgan fingerprint density at radius 1 is 1.56 bits per heavy atom. The molecule has 0 bridgehead atoms. The highest BCUT2D eigenvalue weighted by Gasteiger charge is 2.32. The normalized spacial score (nSPS) is 13.7. The maximum absolute atomic E-state index is 11.6. The van der Waals surface area contributed by atoms with Crippen molar-refractivity contribution in [2.45, 2.75) is 39.3 Å². The monoisotopic (exact) mass is 271 g/mol. The number of carbonyl (C=O) groups is 2. The van der Waals surface area contributed by atoms with E-state index in [1.807, 2.05) is 6.92 Å². The van der Waals surface area contributed by atoms with Gasteiger partial charge in [0, 0.05) is 11.1 Å². The first-order chi connectivity index (χ1) is 8.37. The number of amides is 2. The third-order valence-corrected chi connectivity index (χ3v) is 3.57. The quantitative estimate of drug-likeness (QED) is 0.757. The molecule has 0 radical (unpaired) electrons. The summed E-state index contributed by atoms with van der Waals surface area (Å²) in [5.41, 5.74) is -1.24. The van der Waals surface area contributed by atoms with E-state index < -0.39 is 17.5 Å². The second-order valence-electron chi connectivity index (χ2n) is 4.14. The van der Waals surface area contributed by atoms with Crippen LogP contribution in [0.15, 0.2) is 6.20 Å². The molecular weight excluding hydrogens is 254 g/mol. The van der Waals surface area contributed by atoms with E-state index in [2.05, 4.69) is 15.6 Å². The minimum absolute atomic E-state index is 0.315. The zero-order valence-electron chi connectivity index (χ0n) is 10.6. The van der Waals surface area contributed by atoms with Gasteiger partial charge < -0.3 is 15.7 Å². The molecule has 1 atom stereocenters. The van der Waals surface area contributed by atoms with Crippen LogP contribution in [-0.2, 0) is 11.3 Å². The first-order valence-corrected chi connectivity index (χ1v) is 6.39. The van der Waals surface area contributed by atoms with Crippen LogP contribution >= 0.6 is 11.3 Å². The molecule has 0 aromatic carbocycles. The van der Waals surface area contributed by atoms with Gasteiger partial charge in [0.1, 0.15) is 5.54 Å². The van der Waals surface area contributed by atoms with E-state index in [0.29, 0.717) is 13.0 Å². The summed E-state index contributed by atoms with van der Waals surface area (Å²) in [6.07, 6.45) is 2.01. The third-order valence-electron chi connectivity index (χ3n) is 2.66. The number of hydrogen-bond donors (Lipinski definition) is 3. The number of nitrogens with one attached hydrogen (secondary N) is 2. The highest BCUT2D eigenvalue weighted by Crippen LogP contribution is 2.11. The predicted molar refractivity (Wildman–Crippen MR) is 68.6 cm³/mol. The number of carbonyl (C=O) groups excluding carboxylic acids is 1. The number of carboxylic acid groups (broad SMARTS) is 1. The van der Waals surface area contributed by atoms with Gasteiger partial charge in [0.2, 0.25) is 0 Å². The number of nitrogens with zero attached hydrogens (tertiary/aromatic N) is 1. The van der Waals surface area contributed by atoms with Crippen molar-refractivity contribution in [2.75, 3.05) is 0 Å². The fraction of sp³-hybridized carbons (Fsp3) is 0.545. The molecule has 6 nitrogen and oxygen atoms in total. The molecule has 1 heterocycles. The molecule has 3 N–H and O–H groups in total. The van der Waals surface area contributed by atoms with Gasteiger partial charge in [-0.1, -0.05) is 6.92 Å². The van der Waals surface area contributed by atoms with Gasteiger partial charge in [-0.25, -0.2) is 14.6 Å². The lowest BCUT2D eigenvalue weighted by atomic mass is 10.00. The number of rotatable bonds is 5. The summed E-state index contributed by atoms with van der Waals surface area (Å²) in [4.78, 5) is 27.6. The Kier molecular flexibility index (Phi) is 4.66. The average molecular weight is 271 g/mol. The summed E-state index contributed by atoms with van der Waals surface area (Å²) in [6, 6.07) is -0.493. The van der Waals surface area contributed by atoms with Crippen LogP contribution in [0.1, 0.15) is 30.2 Å². The lowest BCUT2D eigenvalue weighted by molar-refractivity contribution is -0.143. The number of hydrogen-bond acceptors (Lipinski definition) is 4. The molecule has 2 amide bonds. The molecule has 0 aliphatic carbocycles. The van der Waals surface area contributed by atoms with E-state index >= 15 is 0 Å². The number of thiazole rings is 1. The second-order valence-corrected chi connectivity index (χ2v) is 5.46. The molecule has 0 aliphatic heterocycles. The van der Waals surface area contributed by atoms with Gasteiger partial charge in [0.25, 0.3) is 0 Å². The van der Waals surface area contributed by atoms with Crippen LogP contribution in [0, 0.1) is 6.92 Å². The van der Waals surface area contributed by atoms with Crippen molar-refractivity contribution in [3.8, 4) is 0 Å². The first-order valence-electron chi connectivity index (χ1n) is 5.58. The highest BCUT2D eigenvalue weighted by molar-refractivity contribution is 7.11. The summed E-state index contributed by atoms with van der Waals surface area (Å²) in [7, 11) is 0. The van der Waals surface area contributed by atoms with Gasteiger partial charge in [-0.2, -0.15) is 0 Å². The number of aromatic nitrogens is 1. The van der Waals surface area contributed by atoms with E-state index in [9.17, 15) is 9.59 Å². The number of carboxylic acids is 1. The molecule has 0 saturated carbocycles. The summed E-state index contributed by atoms with van der Waals surface area (Å²) >= 11 is 1.49. The number of urea groups is 1. The summed E-state index contributed by atoms with van der Waals surface area (Å²) in [6.45, 7) is 5.41. The topological polar surface area (TPSA) is 91.3 Å². The van der Waals surface area contributed by atoms with Crippen molar-refractivity contribution in [3.05, 3.63) is 16.1 Å². The van der Waals surface area contributed by atoms with Crippen LogP contribution in [-0.4, -0.2) is 27.6 Å². The Hall–Kier alpha value is -1.63. The molecule has 0 aliphatic rings. The Labute approximate surface area is 109 Å². The predicted octanol–water partition coefficient (Wildman–Crippen LogP) is 1.50. The van der Waals surface area contributed by atoms with Crippen LogP contribution in [0.4, 0.5) is 4.79 Å². The zero-order valence-corrected chi connectivity index (χ0v) is 11.4. The van der Waals surface area contributed by atoms with E-state index in [-0.39, 0.29) is 0 Å². The van der Waals surface area contributed by atoms with Crippen LogP contribution < -0.4 is 10.6 Å². The Morgan fingerprint density at radius 2 is 2.22 bits per heavy atom. The minimum atomic E-state index is -1.24. The van der Waals surface area contributed by atoms with Crippen molar-refractivity contribution in [1.29, 1.82) is 0 Å². The van der Waals surface area contributed by atoms with Crippen LogP contribution in [0.5, 0.6) is 0 Å². The maximum atomic E-state index is 11.6. The Morgan fingerprint density at radius 3 is 2.67 bits per heavy atom. The van der Waals surface area contributed by atoms with Gasteiger partial charge in [-0.3, -0.25) is 0 Å². The van der Waals surface area contributed by atoms with Gasteiger partial charge in [-0.15, -0.1) is 11.3 Å². The summed E-state index contributed by atoms with van der Waals surface area (Å²) in [5.74, 6) is -1.05. The maximum Gasteiger partial charge on any atom is 0.329 e. The van der Waals surface area contributed by atoms with Gasteiger partial charge >= 0.3 is 12.0 Å². The Bertz CT molecular complexity index is 446. The number of aliphatic carboxylic acids is 1. The Balaban J connectivity index is 2.49. The van der Waals surface area contributed by atoms with Crippen molar-refractivity contribution in [1.82, 2.24) is 15.6 Å². The standard InChI is InChI=1S/C11H17N3O3S/c1-4-11(3,9(15)16)14-10(17)13-6-8-5-12-7(2)18-8/h5H,4,6H2,1-3H3,(H,15,16)(H2,13,14,17). The average Bonchev–Trinajstić information content (AvgIpc) is 2.72. The highest BCUT2D eigenvalue weighted by atomic mass is 32.1. The second kappa shape index (κ2) is 5.81. The van der Waals surface area contributed by atoms with Gasteiger partial charge in [0.05, 0.1) is 11.6 Å². The molecule has 0 saturated heterocycles. The number of aryl methyl sites for hydroxylation is 1. The van der Waals surface area contributed by atoms with E-state index in [0.717, 1.165) is 9.88 Å². The van der Waals surface area contributed by atoms with E-state index in [1.165, 1.54) is 18.3 Å². The van der Waals surface area contributed by atoms with Gasteiger partial charge in [0.15, 0.2) is 0 Å². The molecule has 18 heavy (non-hydrogen) atoms.